The molecule has 0 aliphatic heterocycles. The Labute approximate surface area is 45.5 Å². The van der Waals surface area contributed by atoms with Gasteiger partial charge in [0.15, 0.2) is 0 Å². The molecule has 0 unspecified atom stereocenters. The van der Waals surface area contributed by atoms with Crippen LogP contribution in [0.15, 0.2) is 0 Å². The van der Waals surface area contributed by atoms with Gasteiger partial charge in [-0.25, -0.2) is 0 Å². The lowest BCUT2D eigenvalue weighted by Gasteiger charge is -2.03. The molecular weight excluding hydrogens is 106 g/mol. The number of rotatable bonds is 3. The minimum Gasteiger partial charge on any atom is -0.333 e. The van der Waals surface area contributed by atoms with Crippen LogP contribution in [-0.2, 0) is 0 Å². The molecule has 6 N–H and O–H groups in total. The summed E-state index contributed by atoms with van der Waals surface area (Å²) >= 11 is 0. The van der Waals surface area contributed by atoms with Gasteiger partial charge in [0.05, 0.1) is 8.80 Å². The maximum absolute atomic E-state index is 5.30. The van der Waals surface area contributed by atoms with Crippen LogP contribution in [-0.4, -0.2) is 27.3 Å². The van der Waals surface area contributed by atoms with E-state index >= 15 is 0 Å². The molecule has 0 rings (SSSR count). The SMILES string of the molecule is NC[SiH](CN)CN. The van der Waals surface area contributed by atoms with Crippen molar-refractivity contribution >= 4 is 8.80 Å². The van der Waals surface area contributed by atoms with E-state index in [9.17, 15) is 0 Å². The molecule has 0 aliphatic carbocycles. The van der Waals surface area contributed by atoms with Crippen molar-refractivity contribution in [1.82, 2.24) is 0 Å². The summed E-state index contributed by atoms with van der Waals surface area (Å²) in [6, 6.07) is 0. The van der Waals surface area contributed by atoms with E-state index in [1.165, 1.54) is 0 Å². The average molecular weight is 119 g/mol. The highest BCUT2D eigenvalue weighted by Crippen LogP contribution is 1.65. The molecule has 0 aromatic carbocycles. The highest BCUT2D eigenvalue weighted by atomic mass is 28.3. The normalized spacial score (nSPS) is 10.3. The third kappa shape index (κ3) is 2.75. The first-order valence-electron chi connectivity index (χ1n) is 2.45. The molecule has 0 aromatic heterocycles. The second-order valence-electron chi connectivity index (χ2n) is 1.57. The molecule has 0 aromatic rings. The topological polar surface area (TPSA) is 78.1 Å². The van der Waals surface area contributed by atoms with Crippen LogP contribution in [0.2, 0.25) is 0 Å². The van der Waals surface area contributed by atoms with E-state index in [-0.39, 0.29) is 0 Å². The summed E-state index contributed by atoms with van der Waals surface area (Å²) < 4.78 is 0. The Hall–Kier alpha value is 0.0969. The largest absolute Gasteiger partial charge is 0.333 e. The summed E-state index contributed by atoms with van der Waals surface area (Å²) in [6.07, 6.45) is 2.23. The van der Waals surface area contributed by atoms with Gasteiger partial charge in [0, 0.05) is 0 Å². The van der Waals surface area contributed by atoms with Crippen LogP contribution in [0.5, 0.6) is 0 Å². The second kappa shape index (κ2) is 4.26. The molecule has 0 spiro atoms. The molecular formula is C3H13N3Si. The van der Waals surface area contributed by atoms with Crippen LogP contribution in [0.3, 0.4) is 0 Å². The molecule has 0 atom stereocenters. The van der Waals surface area contributed by atoms with Crippen LogP contribution >= 0.6 is 0 Å². The number of hydrogen-bond acceptors (Lipinski definition) is 3. The fourth-order valence-corrected chi connectivity index (χ4v) is 0.866. The number of hydrogen-bond donors (Lipinski definition) is 3. The van der Waals surface area contributed by atoms with Gasteiger partial charge in [0.25, 0.3) is 0 Å². The zero-order chi connectivity index (χ0) is 5.70. The predicted octanol–water partition coefficient (Wildman–Crippen LogP) is -2.29. The van der Waals surface area contributed by atoms with Crippen LogP contribution in [0.25, 0.3) is 0 Å². The summed E-state index contributed by atoms with van der Waals surface area (Å²) in [6.45, 7) is 0. The van der Waals surface area contributed by atoms with Gasteiger partial charge in [0.1, 0.15) is 0 Å². The minimum atomic E-state index is -0.838. The molecule has 0 saturated carbocycles. The summed E-state index contributed by atoms with van der Waals surface area (Å²) in [5.74, 6) is 0. The molecule has 0 bridgehead atoms. The van der Waals surface area contributed by atoms with Crippen molar-refractivity contribution in [3.05, 3.63) is 0 Å². The van der Waals surface area contributed by atoms with E-state index < -0.39 is 8.80 Å². The van der Waals surface area contributed by atoms with Gasteiger partial charge in [-0.2, -0.15) is 0 Å². The van der Waals surface area contributed by atoms with Gasteiger partial charge in [-0.1, -0.05) is 0 Å². The van der Waals surface area contributed by atoms with Crippen LogP contribution in [0, 0.1) is 0 Å². The Morgan fingerprint density at radius 3 is 1.14 bits per heavy atom. The molecule has 0 fully saturated rings. The summed E-state index contributed by atoms with van der Waals surface area (Å²) in [5.41, 5.74) is 15.9. The van der Waals surface area contributed by atoms with E-state index in [2.05, 4.69) is 0 Å². The van der Waals surface area contributed by atoms with E-state index in [4.69, 9.17) is 17.2 Å². The van der Waals surface area contributed by atoms with E-state index in [1.54, 1.807) is 0 Å². The Balaban J connectivity index is 2.99. The lowest BCUT2D eigenvalue weighted by Crippen LogP contribution is -2.40. The van der Waals surface area contributed by atoms with Gasteiger partial charge in [-0.3, -0.25) is 0 Å². The summed E-state index contributed by atoms with van der Waals surface area (Å²) in [7, 11) is -0.838. The summed E-state index contributed by atoms with van der Waals surface area (Å²) in [5, 5.41) is 0. The van der Waals surface area contributed by atoms with Gasteiger partial charge in [-0.15, -0.1) is 0 Å². The van der Waals surface area contributed by atoms with Gasteiger partial charge in [0.2, 0.25) is 0 Å². The Morgan fingerprint density at radius 2 is 1.14 bits per heavy atom. The first kappa shape index (κ1) is 7.10. The van der Waals surface area contributed by atoms with E-state index in [0.717, 1.165) is 18.5 Å². The smallest absolute Gasteiger partial charge is 0.0817 e. The van der Waals surface area contributed by atoms with Crippen molar-refractivity contribution < 1.29 is 0 Å². The van der Waals surface area contributed by atoms with Crippen molar-refractivity contribution in [2.75, 3.05) is 18.5 Å². The third-order valence-electron chi connectivity index (χ3n) is 1.00. The Morgan fingerprint density at radius 1 is 0.857 bits per heavy atom. The van der Waals surface area contributed by atoms with Gasteiger partial charge in [-0.05, 0) is 18.5 Å². The first-order chi connectivity index (χ1) is 3.35. The zero-order valence-electron chi connectivity index (χ0n) is 4.43. The Kier molecular flexibility index (Phi) is 4.32. The molecule has 0 amide bonds. The molecule has 0 aliphatic rings. The van der Waals surface area contributed by atoms with Gasteiger partial charge >= 0.3 is 0 Å². The van der Waals surface area contributed by atoms with E-state index in [0.29, 0.717) is 0 Å². The van der Waals surface area contributed by atoms with Gasteiger partial charge < -0.3 is 17.2 Å². The molecule has 3 nitrogen and oxygen atoms in total. The van der Waals surface area contributed by atoms with Crippen molar-refractivity contribution in [1.29, 1.82) is 0 Å². The molecule has 0 saturated heterocycles. The monoisotopic (exact) mass is 119 g/mol. The highest BCUT2D eigenvalue weighted by Gasteiger charge is 1.99. The van der Waals surface area contributed by atoms with E-state index in [1.807, 2.05) is 0 Å². The molecule has 0 radical (unpaired) electrons. The quantitative estimate of drug-likeness (QED) is 0.366. The molecule has 4 heteroatoms. The van der Waals surface area contributed by atoms with Crippen molar-refractivity contribution in [2.24, 2.45) is 17.2 Å². The average Bonchev–Trinajstić information content (AvgIpc) is 1.72. The zero-order valence-corrected chi connectivity index (χ0v) is 5.59. The Bertz CT molecular complexity index is 31.7. The highest BCUT2D eigenvalue weighted by molar-refractivity contribution is 6.59. The molecule has 7 heavy (non-hydrogen) atoms. The fraction of sp³-hybridized carbons (Fsp3) is 1.00. The van der Waals surface area contributed by atoms with Crippen molar-refractivity contribution in [3.63, 3.8) is 0 Å². The first-order valence-corrected chi connectivity index (χ1v) is 4.90. The van der Waals surface area contributed by atoms with Crippen molar-refractivity contribution in [2.45, 2.75) is 0 Å². The molecule has 0 heterocycles. The van der Waals surface area contributed by atoms with Crippen LogP contribution < -0.4 is 17.2 Å². The lowest BCUT2D eigenvalue weighted by molar-refractivity contribution is 1.18. The minimum absolute atomic E-state index is 0.743. The third-order valence-corrected chi connectivity index (χ3v) is 3.00. The number of nitrogens with two attached hydrogens (primary N) is 3. The standard InChI is InChI=1S/C3H13N3Si/c4-1-7(2-5)3-6/h7H,1-6H2. The predicted molar refractivity (Wildman–Crippen MR) is 34.3 cm³/mol. The maximum Gasteiger partial charge on any atom is 0.0817 e. The lowest BCUT2D eigenvalue weighted by atomic mass is 11.4. The summed E-state index contributed by atoms with van der Waals surface area (Å²) in [4.78, 5) is 0. The van der Waals surface area contributed by atoms with Crippen LogP contribution in [0.1, 0.15) is 0 Å². The molecule has 44 valence electrons. The maximum atomic E-state index is 5.30. The fourth-order valence-electron chi connectivity index (χ4n) is 0.289. The van der Waals surface area contributed by atoms with Crippen LogP contribution in [0.4, 0.5) is 0 Å². The second-order valence-corrected chi connectivity index (χ2v) is 4.72. The van der Waals surface area contributed by atoms with Crippen molar-refractivity contribution in [3.8, 4) is 0 Å².